The van der Waals surface area contributed by atoms with Crippen molar-refractivity contribution in [2.24, 2.45) is 5.73 Å². The minimum absolute atomic E-state index is 0.0319. The van der Waals surface area contributed by atoms with E-state index in [0.29, 0.717) is 0 Å². The largest absolute Gasteiger partial charge is 0.322 e. The molecule has 0 bridgehead atoms. The lowest BCUT2D eigenvalue weighted by Crippen LogP contribution is -2.13. The van der Waals surface area contributed by atoms with Gasteiger partial charge >= 0.3 is 0 Å². The highest BCUT2D eigenvalue weighted by molar-refractivity contribution is 7.09. The Kier molecular flexibility index (Phi) is 2.95. The molecule has 0 saturated heterocycles. The summed E-state index contributed by atoms with van der Waals surface area (Å²) in [5, 5.41) is 3.01. The van der Waals surface area contributed by atoms with E-state index in [-0.39, 0.29) is 6.04 Å². The Morgan fingerprint density at radius 3 is 3.00 bits per heavy atom. The van der Waals surface area contributed by atoms with Crippen LogP contribution >= 0.6 is 11.3 Å². The molecule has 0 radical (unpaired) electrons. The zero-order valence-corrected chi connectivity index (χ0v) is 10.5. The molecule has 1 fully saturated rings. The van der Waals surface area contributed by atoms with E-state index >= 15 is 0 Å². The molecule has 1 aromatic carbocycles. The molecule has 88 valence electrons. The van der Waals surface area contributed by atoms with Crippen molar-refractivity contribution in [3.63, 3.8) is 0 Å². The van der Waals surface area contributed by atoms with Gasteiger partial charge in [0.25, 0.3) is 0 Å². The molecule has 17 heavy (non-hydrogen) atoms. The number of thiazole rings is 1. The first-order chi connectivity index (χ1) is 8.33. The van der Waals surface area contributed by atoms with Crippen LogP contribution in [0.5, 0.6) is 0 Å². The monoisotopic (exact) mass is 244 g/mol. The molecule has 3 heteroatoms. The maximum atomic E-state index is 6.16. The summed E-state index contributed by atoms with van der Waals surface area (Å²) in [5.74, 6) is 0.811. The third kappa shape index (κ3) is 2.56. The van der Waals surface area contributed by atoms with Crippen molar-refractivity contribution in [3.05, 3.63) is 52.0 Å². The highest BCUT2D eigenvalue weighted by Crippen LogP contribution is 2.40. The second kappa shape index (κ2) is 4.59. The minimum Gasteiger partial charge on any atom is -0.322 e. The third-order valence-electron chi connectivity index (χ3n) is 3.22. The van der Waals surface area contributed by atoms with Gasteiger partial charge in [-0.2, -0.15) is 0 Å². The average molecular weight is 244 g/mol. The Bertz CT molecular complexity index is 489. The zero-order valence-electron chi connectivity index (χ0n) is 9.67. The SMILES string of the molecule is N[C@@H](Cc1cccc(C2CC2)c1)c1nccs1. The first-order valence-corrected chi connectivity index (χ1v) is 6.94. The summed E-state index contributed by atoms with van der Waals surface area (Å²) in [5.41, 5.74) is 8.97. The lowest BCUT2D eigenvalue weighted by atomic mass is 10.0. The van der Waals surface area contributed by atoms with Gasteiger partial charge in [0.1, 0.15) is 5.01 Å². The molecule has 1 aliphatic rings. The molecule has 0 unspecified atom stereocenters. The van der Waals surface area contributed by atoms with Crippen LogP contribution in [0.3, 0.4) is 0 Å². The van der Waals surface area contributed by atoms with Gasteiger partial charge in [0.15, 0.2) is 0 Å². The van der Waals surface area contributed by atoms with E-state index in [9.17, 15) is 0 Å². The smallest absolute Gasteiger partial charge is 0.110 e. The Morgan fingerprint density at radius 1 is 1.41 bits per heavy atom. The molecule has 1 aliphatic carbocycles. The van der Waals surface area contributed by atoms with Gasteiger partial charge < -0.3 is 5.73 Å². The van der Waals surface area contributed by atoms with Crippen molar-refractivity contribution >= 4 is 11.3 Å². The van der Waals surface area contributed by atoms with Crippen LogP contribution in [0.1, 0.15) is 40.9 Å². The number of benzene rings is 1. The van der Waals surface area contributed by atoms with Gasteiger partial charge in [0, 0.05) is 11.6 Å². The molecule has 3 rings (SSSR count). The van der Waals surface area contributed by atoms with E-state index in [1.807, 2.05) is 11.6 Å². The van der Waals surface area contributed by atoms with Crippen LogP contribution in [0, 0.1) is 0 Å². The van der Waals surface area contributed by atoms with Crippen molar-refractivity contribution in [1.29, 1.82) is 0 Å². The van der Waals surface area contributed by atoms with Gasteiger partial charge in [-0.05, 0) is 36.3 Å². The van der Waals surface area contributed by atoms with Crippen molar-refractivity contribution in [2.75, 3.05) is 0 Å². The van der Waals surface area contributed by atoms with E-state index < -0.39 is 0 Å². The molecule has 0 amide bonds. The number of nitrogens with two attached hydrogens (primary N) is 1. The molecule has 1 saturated carbocycles. The average Bonchev–Trinajstić information content (AvgIpc) is 3.04. The van der Waals surface area contributed by atoms with Crippen molar-refractivity contribution in [3.8, 4) is 0 Å². The summed E-state index contributed by atoms with van der Waals surface area (Å²) in [6.07, 6.45) is 5.40. The number of rotatable bonds is 4. The Morgan fingerprint density at radius 2 is 2.29 bits per heavy atom. The molecule has 0 spiro atoms. The number of nitrogens with zero attached hydrogens (tertiary/aromatic N) is 1. The molecular weight excluding hydrogens is 228 g/mol. The maximum Gasteiger partial charge on any atom is 0.110 e. The van der Waals surface area contributed by atoms with E-state index in [4.69, 9.17) is 5.73 Å². The van der Waals surface area contributed by atoms with E-state index in [1.165, 1.54) is 24.0 Å². The van der Waals surface area contributed by atoms with Gasteiger partial charge in [0.05, 0.1) is 6.04 Å². The zero-order chi connectivity index (χ0) is 11.7. The van der Waals surface area contributed by atoms with E-state index in [0.717, 1.165) is 17.3 Å². The Balaban J connectivity index is 1.73. The number of hydrogen-bond acceptors (Lipinski definition) is 3. The molecule has 1 atom stereocenters. The normalized spacial score (nSPS) is 17.0. The van der Waals surface area contributed by atoms with Gasteiger partial charge in [0.2, 0.25) is 0 Å². The third-order valence-corrected chi connectivity index (χ3v) is 4.13. The first-order valence-electron chi connectivity index (χ1n) is 6.07. The van der Waals surface area contributed by atoms with E-state index in [2.05, 4.69) is 29.2 Å². The fourth-order valence-electron chi connectivity index (χ4n) is 2.15. The van der Waals surface area contributed by atoms with Crippen LogP contribution < -0.4 is 5.73 Å². The highest BCUT2D eigenvalue weighted by atomic mass is 32.1. The molecule has 1 heterocycles. The Labute approximate surface area is 106 Å². The lowest BCUT2D eigenvalue weighted by molar-refractivity contribution is 0.714. The summed E-state index contributed by atoms with van der Waals surface area (Å²) in [4.78, 5) is 4.28. The Hall–Kier alpha value is -1.19. The summed E-state index contributed by atoms with van der Waals surface area (Å²) in [7, 11) is 0. The molecular formula is C14H16N2S. The van der Waals surface area contributed by atoms with Gasteiger partial charge in [-0.25, -0.2) is 4.98 Å². The van der Waals surface area contributed by atoms with Crippen molar-refractivity contribution < 1.29 is 0 Å². The predicted octanol–water partition coefficient (Wildman–Crippen LogP) is 3.26. The maximum absolute atomic E-state index is 6.16. The van der Waals surface area contributed by atoms with Gasteiger partial charge in [-0.15, -0.1) is 11.3 Å². The van der Waals surface area contributed by atoms with Crippen LogP contribution in [-0.4, -0.2) is 4.98 Å². The summed E-state index contributed by atoms with van der Waals surface area (Å²) < 4.78 is 0. The van der Waals surface area contributed by atoms with Crippen LogP contribution in [0.15, 0.2) is 35.8 Å². The van der Waals surface area contributed by atoms with Gasteiger partial charge in [-0.1, -0.05) is 24.3 Å². The summed E-state index contributed by atoms with van der Waals surface area (Å²) in [6.45, 7) is 0. The molecule has 2 aromatic rings. The second-order valence-electron chi connectivity index (χ2n) is 4.70. The summed E-state index contributed by atoms with van der Waals surface area (Å²) in [6, 6.07) is 8.89. The van der Waals surface area contributed by atoms with Crippen LogP contribution in [-0.2, 0) is 6.42 Å². The number of aromatic nitrogens is 1. The summed E-state index contributed by atoms with van der Waals surface area (Å²) >= 11 is 1.64. The minimum atomic E-state index is 0.0319. The molecule has 2 N–H and O–H groups in total. The molecule has 1 aromatic heterocycles. The fraction of sp³-hybridized carbons (Fsp3) is 0.357. The quantitative estimate of drug-likeness (QED) is 0.896. The fourth-order valence-corrected chi connectivity index (χ4v) is 2.79. The highest BCUT2D eigenvalue weighted by Gasteiger charge is 2.23. The lowest BCUT2D eigenvalue weighted by Gasteiger charge is -2.09. The van der Waals surface area contributed by atoms with Crippen molar-refractivity contribution in [2.45, 2.75) is 31.2 Å². The van der Waals surface area contributed by atoms with Crippen molar-refractivity contribution in [1.82, 2.24) is 4.98 Å². The first kappa shape index (κ1) is 10.9. The predicted molar refractivity (Wildman–Crippen MR) is 71.2 cm³/mol. The molecule has 2 nitrogen and oxygen atoms in total. The van der Waals surface area contributed by atoms with Crippen LogP contribution in [0.4, 0.5) is 0 Å². The van der Waals surface area contributed by atoms with Crippen LogP contribution in [0.2, 0.25) is 0 Å². The van der Waals surface area contributed by atoms with Crippen LogP contribution in [0.25, 0.3) is 0 Å². The number of hydrogen-bond donors (Lipinski definition) is 1. The van der Waals surface area contributed by atoms with E-state index in [1.54, 1.807) is 11.3 Å². The topological polar surface area (TPSA) is 38.9 Å². The van der Waals surface area contributed by atoms with Gasteiger partial charge in [-0.3, -0.25) is 0 Å². The molecule has 0 aliphatic heterocycles. The standard InChI is InChI=1S/C14H16N2S/c15-13(14-16-6-7-17-14)9-10-2-1-3-12(8-10)11-4-5-11/h1-3,6-8,11,13H,4-5,9,15H2/t13-/m0/s1. The second-order valence-corrected chi connectivity index (χ2v) is 5.63.